The van der Waals surface area contributed by atoms with Crippen LogP contribution < -0.4 is 0 Å². The van der Waals surface area contributed by atoms with Crippen molar-refractivity contribution in [2.24, 2.45) is 0 Å². The predicted molar refractivity (Wildman–Crippen MR) is 57.8 cm³/mol. The molecule has 82 valence electrons. The molecule has 0 aliphatic carbocycles. The number of aryl methyl sites for hydroxylation is 1. The van der Waals surface area contributed by atoms with Gasteiger partial charge in [0.2, 0.25) is 0 Å². The van der Waals surface area contributed by atoms with Gasteiger partial charge < -0.3 is 4.98 Å². The molecule has 1 N–H and O–H groups in total. The highest BCUT2D eigenvalue weighted by atomic mass is 19.1. The van der Waals surface area contributed by atoms with Crippen molar-refractivity contribution >= 4 is 5.78 Å². The van der Waals surface area contributed by atoms with Gasteiger partial charge in [0.1, 0.15) is 11.6 Å². The van der Waals surface area contributed by atoms with E-state index in [1.165, 1.54) is 6.07 Å². The van der Waals surface area contributed by atoms with Gasteiger partial charge in [-0.05, 0) is 19.1 Å². The first-order chi connectivity index (χ1) is 7.66. The summed E-state index contributed by atoms with van der Waals surface area (Å²) in [7, 11) is 0. The van der Waals surface area contributed by atoms with E-state index in [4.69, 9.17) is 0 Å². The fraction of sp³-hybridized carbons (Fsp3) is 0.167. The Morgan fingerprint density at radius 2 is 2.31 bits per heavy atom. The molecule has 0 atom stereocenters. The summed E-state index contributed by atoms with van der Waals surface area (Å²) in [6.07, 6.45) is 3.29. The molecule has 1 aromatic carbocycles. The summed E-state index contributed by atoms with van der Waals surface area (Å²) in [6.45, 7) is 1.82. The van der Waals surface area contributed by atoms with Crippen LogP contribution in [-0.4, -0.2) is 15.8 Å². The Labute approximate surface area is 92.3 Å². The van der Waals surface area contributed by atoms with Crippen molar-refractivity contribution in [2.45, 2.75) is 13.3 Å². The lowest BCUT2D eigenvalue weighted by Gasteiger charge is -2.02. The van der Waals surface area contributed by atoms with Gasteiger partial charge in [-0.25, -0.2) is 9.37 Å². The van der Waals surface area contributed by atoms with E-state index in [0.29, 0.717) is 5.82 Å². The van der Waals surface area contributed by atoms with Crippen LogP contribution in [0.2, 0.25) is 0 Å². The van der Waals surface area contributed by atoms with Crippen molar-refractivity contribution in [3.05, 3.63) is 53.4 Å². The highest BCUT2D eigenvalue weighted by Gasteiger charge is 2.13. The van der Waals surface area contributed by atoms with Gasteiger partial charge in [0.25, 0.3) is 0 Å². The number of aromatic amines is 1. The molecule has 0 amide bonds. The molecule has 1 aromatic heterocycles. The molecule has 0 aliphatic rings. The van der Waals surface area contributed by atoms with E-state index in [0.717, 1.165) is 5.56 Å². The Morgan fingerprint density at radius 1 is 1.50 bits per heavy atom. The molecule has 4 heteroatoms. The summed E-state index contributed by atoms with van der Waals surface area (Å²) < 4.78 is 13.4. The number of nitrogens with one attached hydrogen (secondary N) is 1. The number of carbonyl (C=O) groups is 1. The zero-order valence-electron chi connectivity index (χ0n) is 8.83. The topological polar surface area (TPSA) is 45.8 Å². The zero-order valence-corrected chi connectivity index (χ0v) is 8.83. The summed E-state index contributed by atoms with van der Waals surface area (Å²) in [6, 6.07) is 4.50. The molecule has 3 nitrogen and oxygen atoms in total. The van der Waals surface area contributed by atoms with E-state index in [1.54, 1.807) is 24.5 Å². The maximum Gasteiger partial charge on any atom is 0.173 e. The Morgan fingerprint density at radius 3 is 3.00 bits per heavy atom. The van der Waals surface area contributed by atoms with Crippen molar-refractivity contribution < 1.29 is 9.18 Å². The van der Waals surface area contributed by atoms with Crippen LogP contribution in [-0.2, 0) is 6.42 Å². The van der Waals surface area contributed by atoms with Crippen LogP contribution in [0.5, 0.6) is 0 Å². The Bertz CT molecular complexity index is 506. The zero-order chi connectivity index (χ0) is 11.5. The second kappa shape index (κ2) is 4.26. The number of nitrogens with zero attached hydrogens (tertiary/aromatic N) is 1. The van der Waals surface area contributed by atoms with Crippen molar-refractivity contribution in [2.75, 3.05) is 0 Å². The first-order valence-corrected chi connectivity index (χ1v) is 4.94. The largest absolute Gasteiger partial charge is 0.348 e. The van der Waals surface area contributed by atoms with Crippen LogP contribution >= 0.6 is 0 Å². The third-order valence-electron chi connectivity index (χ3n) is 2.31. The van der Waals surface area contributed by atoms with Gasteiger partial charge in [-0.2, -0.15) is 0 Å². The van der Waals surface area contributed by atoms with Crippen LogP contribution in [0, 0.1) is 12.7 Å². The molecular formula is C12H11FN2O. The smallest absolute Gasteiger partial charge is 0.173 e. The highest BCUT2D eigenvalue weighted by Crippen LogP contribution is 2.12. The number of benzene rings is 1. The number of halogens is 1. The third-order valence-corrected chi connectivity index (χ3v) is 2.31. The second-order valence-electron chi connectivity index (χ2n) is 3.62. The average molecular weight is 218 g/mol. The first kappa shape index (κ1) is 10.5. The van der Waals surface area contributed by atoms with Crippen LogP contribution in [0.3, 0.4) is 0 Å². The standard InChI is InChI=1S/C12H11FN2O/c1-8-2-3-10(13)9(6-8)11(16)7-12-14-4-5-15-12/h2-6H,7H2,1H3,(H,14,15). The third kappa shape index (κ3) is 2.16. The number of H-pyrrole nitrogens is 1. The molecule has 0 fully saturated rings. The van der Waals surface area contributed by atoms with E-state index >= 15 is 0 Å². The Hall–Kier alpha value is -1.97. The summed E-state index contributed by atoms with van der Waals surface area (Å²) in [5.74, 6) is -0.204. The number of rotatable bonds is 3. The number of ketones is 1. The second-order valence-corrected chi connectivity index (χ2v) is 3.62. The van der Waals surface area contributed by atoms with Gasteiger partial charge in [0.15, 0.2) is 5.78 Å². The van der Waals surface area contributed by atoms with Gasteiger partial charge in [-0.15, -0.1) is 0 Å². The van der Waals surface area contributed by atoms with Gasteiger partial charge in [0.05, 0.1) is 12.0 Å². The fourth-order valence-corrected chi connectivity index (χ4v) is 1.49. The average Bonchev–Trinajstić information content (AvgIpc) is 2.74. The Kier molecular flexibility index (Phi) is 2.81. The van der Waals surface area contributed by atoms with Crippen molar-refractivity contribution in [3.8, 4) is 0 Å². The molecular weight excluding hydrogens is 207 g/mol. The lowest BCUT2D eigenvalue weighted by Crippen LogP contribution is -2.07. The molecule has 0 radical (unpaired) electrons. The quantitative estimate of drug-likeness (QED) is 0.803. The number of carbonyl (C=O) groups excluding carboxylic acids is 1. The molecule has 2 rings (SSSR count). The molecule has 0 bridgehead atoms. The molecule has 0 unspecified atom stereocenters. The van der Waals surface area contributed by atoms with Gasteiger partial charge in [-0.1, -0.05) is 11.6 Å². The molecule has 2 aromatic rings. The molecule has 16 heavy (non-hydrogen) atoms. The molecule has 0 aliphatic heterocycles. The van der Waals surface area contributed by atoms with Crippen molar-refractivity contribution in [1.82, 2.24) is 9.97 Å². The number of hydrogen-bond donors (Lipinski definition) is 1. The van der Waals surface area contributed by atoms with Gasteiger partial charge in [-0.3, -0.25) is 4.79 Å². The lowest BCUT2D eigenvalue weighted by molar-refractivity contribution is 0.0987. The normalized spacial score (nSPS) is 10.4. The van der Waals surface area contributed by atoms with E-state index < -0.39 is 5.82 Å². The predicted octanol–water partition coefficient (Wildman–Crippen LogP) is 2.28. The molecule has 0 spiro atoms. The van der Waals surface area contributed by atoms with E-state index in [1.807, 2.05) is 6.92 Å². The van der Waals surface area contributed by atoms with Crippen molar-refractivity contribution in [3.63, 3.8) is 0 Å². The maximum absolute atomic E-state index is 13.4. The number of hydrogen-bond acceptors (Lipinski definition) is 2. The van der Waals surface area contributed by atoms with Gasteiger partial charge >= 0.3 is 0 Å². The first-order valence-electron chi connectivity index (χ1n) is 4.94. The van der Waals surface area contributed by atoms with Crippen molar-refractivity contribution in [1.29, 1.82) is 0 Å². The summed E-state index contributed by atoms with van der Waals surface area (Å²) in [5, 5.41) is 0. The minimum Gasteiger partial charge on any atom is -0.348 e. The van der Waals surface area contributed by atoms with Crippen LogP contribution in [0.1, 0.15) is 21.7 Å². The summed E-state index contributed by atoms with van der Waals surface area (Å²) >= 11 is 0. The Balaban J connectivity index is 2.24. The lowest BCUT2D eigenvalue weighted by atomic mass is 10.0. The SMILES string of the molecule is Cc1ccc(F)c(C(=O)Cc2ncc[nH]2)c1. The summed E-state index contributed by atoms with van der Waals surface area (Å²) in [4.78, 5) is 18.5. The van der Waals surface area contributed by atoms with Crippen LogP contribution in [0.4, 0.5) is 4.39 Å². The number of imidazole rings is 1. The highest BCUT2D eigenvalue weighted by molar-refractivity contribution is 5.97. The minimum atomic E-state index is -0.484. The minimum absolute atomic E-state index is 0.0906. The van der Waals surface area contributed by atoms with Gasteiger partial charge in [0, 0.05) is 12.4 Å². The number of Topliss-reactive ketones (excluding diaryl/α,β-unsaturated/α-hetero) is 1. The molecule has 1 heterocycles. The monoisotopic (exact) mass is 218 g/mol. The molecule has 0 saturated heterocycles. The maximum atomic E-state index is 13.4. The fourth-order valence-electron chi connectivity index (χ4n) is 1.49. The summed E-state index contributed by atoms with van der Waals surface area (Å²) in [5.41, 5.74) is 0.987. The van der Waals surface area contributed by atoms with E-state index in [9.17, 15) is 9.18 Å². The molecule has 0 saturated carbocycles. The van der Waals surface area contributed by atoms with Crippen LogP contribution in [0.15, 0.2) is 30.6 Å². The number of aromatic nitrogens is 2. The van der Waals surface area contributed by atoms with Crippen LogP contribution in [0.25, 0.3) is 0 Å². The van der Waals surface area contributed by atoms with E-state index in [2.05, 4.69) is 9.97 Å². The van der Waals surface area contributed by atoms with E-state index in [-0.39, 0.29) is 17.8 Å².